The molecule has 3 rings (SSSR count). The number of aryl methyl sites for hydroxylation is 1. The second-order valence-corrected chi connectivity index (χ2v) is 10.3. The number of nitrogens with one attached hydrogen (secondary N) is 1. The number of amides is 2. The van der Waals surface area contributed by atoms with Crippen LogP contribution in [0.4, 0.5) is 5.69 Å². The first-order valence-electron chi connectivity index (χ1n) is 9.72. The van der Waals surface area contributed by atoms with Crippen LogP contribution in [-0.2, 0) is 19.4 Å². The Bertz CT molecular complexity index is 864. The third-order valence-corrected chi connectivity index (χ3v) is 7.28. The zero-order chi connectivity index (χ0) is 20.5. The largest absolute Gasteiger partial charge is 0.335 e. The second-order valence-electron chi connectivity index (χ2n) is 8.06. The van der Waals surface area contributed by atoms with Crippen molar-refractivity contribution in [1.82, 2.24) is 9.80 Å². The van der Waals surface area contributed by atoms with Gasteiger partial charge >= 0.3 is 0 Å². The predicted molar refractivity (Wildman–Crippen MR) is 109 cm³/mol. The zero-order valence-corrected chi connectivity index (χ0v) is 17.6. The van der Waals surface area contributed by atoms with E-state index in [0.717, 1.165) is 29.7 Å². The molecule has 2 aliphatic rings. The highest BCUT2D eigenvalue weighted by molar-refractivity contribution is 7.91. The second kappa shape index (κ2) is 8.21. The van der Waals surface area contributed by atoms with E-state index in [1.165, 1.54) is 0 Å². The third kappa shape index (κ3) is 5.11. The van der Waals surface area contributed by atoms with E-state index < -0.39 is 9.84 Å². The number of nitrogens with zero attached hydrogens (tertiary/aromatic N) is 2. The standard InChI is InChI=1S/C20H29N3O4S/c1-14-5-4-6-18(15(14)2)21-19(24)11-22(3)12-20(25)23(16-7-8-16)17-9-10-28(26,27)13-17/h4-6,16-17H,7-13H2,1-3H3,(H,21,24)/t17-/m0/s1. The number of benzene rings is 1. The normalized spacial score (nSPS) is 20.9. The van der Waals surface area contributed by atoms with Crippen LogP contribution in [0.15, 0.2) is 18.2 Å². The summed E-state index contributed by atoms with van der Waals surface area (Å²) in [6.07, 6.45) is 2.37. The number of carbonyl (C=O) groups excluding carboxylic acids is 2. The lowest BCUT2D eigenvalue weighted by molar-refractivity contribution is -0.134. The first-order valence-corrected chi connectivity index (χ1v) is 11.5. The summed E-state index contributed by atoms with van der Waals surface area (Å²) in [6.45, 7) is 4.15. The maximum absolute atomic E-state index is 12.8. The van der Waals surface area contributed by atoms with Gasteiger partial charge in [-0.15, -0.1) is 0 Å². The summed E-state index contributed by atoms with van der Waals surface area (Å²) in [6, 6.07) is 5.69. The quantitative estimate of drug-likeness (QED) is 0.737. The number of rotatable bonds is 7. The van der Waals surface area contributed by atoms with Gasteiger partial charge in [0.05, 0.1) is 24.6 Å². The highest BCUT2D eigenvalue weighted by Crippen LogP contribution is 2.32. The molecule has 0 aromatic heterocycles. The highest BCUT2D eigenvalue weighted by atomic mass is 32.2. The van der Waals surface area contributed by atoms with Gasteiger partial charge in [0.1, 0.15) is 0 Å². The average molecular weight is 408 g/mol. The Balaban J connectivity index is 1.55. The van der Waals surface area contributed by atoms with Crippen molar-refractivity contribution >= 4 is 27.3 Å². The smallest absolute Gasteiger partial charge is 0.238 e. The van der Waals surface area contributed by atoms with E-state index in [1.54, 1.807) is 16.8 Å². The fourth-order valence-electron chi connectivity index (χ4n) is 3.74. The molecule has 1 saturated carbocycles. The van der Waals surface area contributed by atoms with Crippen LogP contribution in [-0.4, -0.2) is 73.8 Å². The van der Waals surface area contributed by atoms with Gasteiger partial charge in [0, 0.05) is 17.8 Å². The Morgan fingerprint density at radius 2 is 1.82 bits per heavy atom. The molecule has 0 bridgehead atoms. The summed E-state index contributed by atoms with van der Waals surface area (Å²) in [4.78, 5) is 28.6. The first kappa shape index (κ1) is 20.8. The Labute approximate surface area is 167 Å². The molecule has 2 amide bonds. The van der Waals surface area contributed by atoms with Gasteiger partial charge in [-0.2, -0.15) is 0 Å². The van der Waals surface area contributed by atoms with E-state index in [2.05, 4.69) is 5.32 Å². The number of likely N-dealkylation sites (N-methyl/N-ethyl adjacent to an activating group) is 1. The van der Waals surface area contributed by atoms with Crippen molar-refractivity contribution in [2.24, 2.45) is 0 Å². The van der Waals surface area contributed by atoms with Crippen molar-refractivity contribution in [2.75, 3.05) is 37.0 Å². The van der Waals surface area contributed by atoms with Gasteiger partial charge in [-0.1, -0.05) is 12.1 Å². The van der Waals surface area contributed by atoms with Crippen LogP contribution in [0.1, 0.15) is 30.4 Å². The maximum Gasteiger partial charge on any atom is 0.238 e. The average Bonchev–Trinajstić information content (AvgIpc) is 3.35. The predicted octanol–water partition coefficient (Wildman–Crippen LogP) is 1.35. The van der Waals surface area contributed by atoms with Crippen LogP contribution in [0, 0.1) is 13.8 Å². The van der Waals surface area contributed by atoms with E-state index in [0.29, 0.717) is 6.42 Å². The summed E-state index contributed by atoms with van der Waals surface area (Å²) in [5.74, 6) is -0.0500. The van der Waals surface area contributed by atoms with Crippen molar-refractivity contribution in [3.8, 4) is 0 Å². The molecular formula is C20H29N3O4S. The van der Waals surface area contributed by atoms with E-state index in [-0.39, 0.29) is 48.5 Å². The molecule has 154 valence electrons. The fraction of sp³-hybridized carbons (Fsp3) is 0.600. The molecule has 1 aromatic rings. The number of hydrogen-bond acceptors (Lipinski definition) is 5. The van der Waals surface area contributed by atoms with E-state index in [4.69, 9.17) is 0 Å². The van der Waals surface area contributed by atoms with Gasteiger partial charge in [0.2, 0.25) is 11.8 Å². The molecule has 1 saturated heterocycles. The van der Waals surface area contributed by atoms with Crippen LogP contribution in [0.3, 0.4) is 0 Å². The number of anilines is 1. The van der Waals surface area contributed by atoms with Crippen LogP contribution < -0.4 is 5.32 Å². The van der Waals surface area contributed by atoms with Crippen molar-refractivity contribution in [2.45, 2.75) is 45.2 Å². The Morgan fingerprint density at radius 3 is 2.43 bits per heavy atom. The van der Waals surface area contributed by atoms with Crippen molar-refractivity contribution in [3.63, 3.8) is 0 Å². The summed E-state index contributed by atoms with van der Waals surface area (Å²) in [5, 5.41) is 2.90. The molecule has 8 heteroatoms. The lowest BCUT2D eigenvalue weighted by Gasteiger charge is -2.30. The number of sulfone groups is 1. The minimum atomic E-state index is -3.04. The molecule has 28 heavy (non-hydrogen) atoms. The summed E-state index contributed by atoms with van der Waals surface area (Å²) < 4.78 is 23.6. The lowest BCUT2D eigenvalue weighted by Crippen LogP contribution is -2.47. The summed E-state index contributed by atoms with van der Waals surface area (Å²) in [7, 11) is -1.31. The molecule has 0 radical (unpaired) electrons. The van der Waals surface area contributed by atoms with E-state index in [9.17, 15) is 18.0 Å². The first-order chi connectivity index (χ1) is 13.2. The lowest BCUT2D eigenvalue weighted by atomic mass is 10.1. The minimum absolute atomic E-state index is 0.0616. The molecule has 1 aliphatic heterocycles. The molecule has 0 spiro atoms. The zero-order valence-electron chi connectivity index (χ0n) is 16.8. The fourth-order valence-corrected chi connectivity index (χ4v) is 5.45. The SMILES string of the molecule is Cc1cccc(NC(=O)CN(C)CC(=O)N(C2CC2)[C@H]2CCS(=O)(=O)C2)c1C. The Kier molecular flexibility index (Phi) is 6.09. The maximum atomic E-state index is 12.8. The molecule has 1 aromatic carbocycles. The van der Waals surface area contributed by atoms with Gasteiger partial charge in [0.15, 0.2) is 9.84 Å². The monoisotopic (exact) mass is 407 g/mol. The molecule has 1 aliphatic carbocycles. The van der Waals surface area contributed by atoms with Crippen LogP contribution in [0.25, 0.3) is 0 Å². The van der Waals surface area contributed by atoms with Crippen molar-refractivity contribution < 1.29 is 18.0 Å². The van der Waals surface area contributed by atoms with E-state index in [1.807, 2.05) is 32.0 Å². The molecule has 0 unspecified atom stereocenters. The summed E-state index contributed by atoms with van der Waals surface area (Å²) in [5.41, 5.74) is 2.91. The third-order valence-electron chi connectivity index (χ3n) is 5.53. The molecule has 7 nitrogen and oxygen atoms in total. The van der Waals surface area contributed by atoms with Gasteiger partial charge in [-0.25, -0.2) is 8.42 Å². The van der Waals surface area contributed by atoms with Crippen molar-refractivity contribution in [3.05, 3.63) is 29.3 Å². The minimum Gasteiger partial charge on any atom is -0.335 e. The summed E-state index contributed by atoms with van der Waals surface area (Å²) >= 11 is 0. The topological polar surface area (TPSA) is 86.8 Å². The highest BCUT2D eigenvalue weighted by Gasteiger charge is 2.42. The molecular weight excluding hydrogens is 378 g/mol. The Hall–Kier alpha value is -1.93. The molecule has 2 fully saturated rings. The molecule has 1 heterocycles. The molecule has 1 N–H and O–H groups in total. The van der Waals surface area contributed by atoms with Crippen molar-refractivity contribution in [1.29, 1.82) is 0 Å². The number of carbonyl (C=O) groups is 2. The number of hydrogen-bond donors (Lipinski definition) is 1. The van der Waals surface area contributed by atoms with Gasteiger partial charge in [-0.05, 0) is 57.4 Å². The van der Waals surface area contributed by atoms with E-state index >= 15 is 0 Å². The van der Waals surface area contributed by atoms with Gasteiger partial charge in [-0.3, -0.25) is 14.5 Å². The van der Waals surface area contributed by atoms with Gasteiger partial charge in [0.25, 0.3) is 0 Å². The van der Waals surface area contributed by atoms with Gasteiger partial charge < -0.3 is 10.2 Å². The van der Waals surface area contributed by atoms with Crippen LogP contribution in [0.5, 0.6) is 0 Å². The molecule has 1 atom stereocenters. The Morgan fingerprint density at radius 1 is 1.11 bits per heavy atom. The van der Waals surface area contributed by atoms with Crippen LogP contribution in [0.2, 0.25) is 0 Å². The van der Waals surface area contributed by atoms with Crippen LogP contribution >= 0.6 is 0 Å².